The first-order valence-corrected chi connectivity index (χ1v) is 8.68. The first-order valence-electron chi connectivity index (χ1n) is 5.80. The molecule has 0 N–H and O–H groups in total. The van der Waals surface area contributed by atoms with Crippen LogP contribution in [-0.4, -0.2) is 30.0 Å². The number of halogens is 4. The number of benzene rings is 1. The van der Waals surface area contributed by atoms with Crippen molar-refractivity contribution in [3.05, 3.63) is 45.7 Å². The molecule has 0 aliphatic rings. The van der Waals surface area contributed by atoms with Crippen molar-refractivity contribution >= 4 is 25.9 Å². The summed E-state index contributed by atoms with van der Waals surface area (Å²) in [6.07, 6.45) is 0. The molecule has 0 fully saturated rings. The molecule has 1 rings (SSSR count). The second-order valence-corrected chi connectivity index (χ2v) is 6.99. The van der Waals surface area contributed by atoms with Gasteiger partial charge in [0.15, 0.2) is 28.2 Å². The third-order valence-electron chi connectivity index (χ3n) is 2.37. The Kier molecular flexibility index (Phi) is 6.50. The molecule has 0 saturated carbocycles. The molecule has 25 heavy (non-hydrogen) atoms. The van der Waals surface area contributed by atoms with E-state index >= 15 is 0 Å². The maximum atomic E-state index is 13.7. The minimum Gasteiger partial charge on any atom is -0.264 e. The SMILES string of the molecule is C=CS(=O)(=O)OCCOS(=O)(=O)c1c(F)c(F)c(N=[N+]=[N-])c(F)c1F. The summed E-state index contributed by atoms with van der Waals surface area (Å²) in [5, 5.41) is 2.77. The van der Waals surface area contributed by atoms with Gasteiger partial charge in [-0.05, 0) is 5.53 Å². The van der Waals surface area contributed by atoms with Crippen molar-refractivity contribution in [3.8, 4) is 0 Å². The van der Waals surface area contributed by atoms with Gasteiger partial charge in [0.05, 0.1) is 18.6 Å². The second-order valence-electron chi connectivity index (χ2n) is 3.88. The minimum atomic E-state index is -5.39. The van der Waals surface area contributed by atoms with E-state index < -0.39 is 67.3 Å². The Balaban J connectivity index is 3.18. The lowest BCUT2D eigenvalue weighted by molar-refractivity contribution is 0.225. The van der Waals surface area contributed by atoms with Crippen LogP contribution in [0.4, 0.5) is 23.2 Å². The Morgan fingerprint density at radius 1 is 1.00 bits per heavy atom. The van der Waals surface area contributed by atoms with Crippen LogP contribution in [0.25, 0.3) is 10.4 Å². The van der Waals surface area contributed by atoms with Gasteiger partial charge in [0.1, 0.15) is 5.69 Å². The van der Waals surface area contributed by atoms with Crippen molar-refractivity contribution in [2.75, 3.05) is 13.2 Å². The maximum Gasteiger partial charge on any atom is 0.303 e. The average Bonchev–Trinajstić information content (AvgIpc) is 2.54. The topological polar surface area (TPSA) is 136 Å². The van der Waals surface area contributed by atoms with E-state index in [4.69, 9.17) is 5.53 Å². The largest absolute Gasteiger partial charge is 0.303 e. The van der Waals surface area contributed by atoms with Gasteiger partial charge in [0.25, 0.3) is 10.1 Å². The highest BCUT2D eigenvalue weighted by atomic mass is 32.2. The molecule has 0 unspecified atom stereocenters. The summed E-state index contributed by atoms with van der Waals surface area (Å²) in [7, 11) is -9.56. The fourth-order valence-corrected chi connectivity index (χ4v) is 2.77. The van der Waals surface area contributed by atoms with Crippen molar-refractivity contribution in [2.24, 2.45) is 5.11 Å². The molecular formula is C10H7F4N3O6S2. The van der Waals surface area contributed by atoms with E-state index in [-0.39, 0.29) is 0 Å². The second kappa shape index (κ2) is 7.79. The number of rotatable bonds is 8. The van der Waals surface area contributed by atoms with Gasteiger partial charge >= 0.3 is 10.1 Å². The molecular weight excluding hydrogens is 398 g/mol. The van der Waals surface area contributed by atoms with Gasteiger partial charge in [0, 0.05) is 4.91 Å². The predicted molar refractivity (Wildman–Crippen MR) is 73.3 cm³/mol. The van der Waals surface area contributed by atoms with Crippen LogP contribution in [0.3, 0.4) is 0 Å². The van der Waals surface area contributed by atoms with Crippen molar-refractivity contribution in [1.82, 2.24) is 0 Å². The summed E-state index contributed by atoms with van der Waals surface area (Å²) in [4.78, 5) is -0.177. The summed E-state index contributed by atoms with van der Waals surface area (Å²) in [5.41, 5.74) is 6.36. The van der Waals surface area contributed by atoms with Gasteiger partial charge < -0.3 is 0 Å². The van der Waals surface area contributed by atoms with Crippen LogP contribution < -0.4 is 0 Å². The first kappa shape index (κ1) is 20.9. The van der Waals surface area contributed by atoms with Crippen LogP contribution in [0.1, 0.15) is 0 Å². The molecule has 0 aromatic heterocycles. The van der Waals surface area contributed by atoms with E-state index in [2.05, 4.69) is 20.1 Å². The highest BCUT2D eigenvalue weighted by molar-refractivity contribution is 7.89. The third-order valence-corrected chi connectivity index (χ3v) is 4.61. The van der Waals surface area contributed by atoms with Crippen molar-refractivity contribution in [1.29, 1.82) is 0 Å². The lowest BCUT2D eigenvalue weighted by Crippen LogP contribution is -2.17. The van der Waals surface area contributed by atoms with Crippen molar-refractivity contribution in [3.63, 3.8) is 0 Å². The standard InChI is InChI=1S/C10H7F4N3O6S2/c1-2-24(18,19)22-3-4-23-25(20,21)10-7(13)5(11)9(16-17-15)6(12)8(10)14/h2H,1,3-4H2. The Morgan fingerprint density at radius 3 is 1.92 bits per heavy atom. The molecule has 0 amide bonds. The van der Waals surface area contributed by atoms with Gasteiger partial charge in [-0.25, -0.2) is 17.6 Å². The zero-order chi connectivity index (χ0) is 19.4. The molecule has 0 aliphatic heterocycles. The molecule has 138 valence electrons. The Hall–Kier alpha value is -2.19. The summed E-state index contributed by atoms with van der Waals surface area (Å²) >= 11 is 0. The fraction of sp³-hybridized carbons (Fsp3) is 0.200. The number of nitrogens with zero attached hydrogens (tertiary/aromatic N) is 3. The molecule has 15 heteroatoms. The highest BCUT2D eigenvalue weighted by Crippen LogP contribution is 2.33. The van der Waals surface area contributed by atoms with Gasteiger partial charge in [0.2, 0.25) is 0 Å². The molecule has 0 heterocycles. The Labute approximate surface area is 138 Å². The Bertz CT molecular complexity index is 928. The summed E-state index contributed by atoms with van der Waals surface area (Å²) in [5.74, 6) is -9.30. The number of hydrogen-bond donors (Lipinski definition) is 0. The van der Waals surface area contributed by atoms with Crippen molar-refractivity contribution in [2.45, 2.75) is 4.90 Å². The molecule has 1 aromatic rings. The van der Waals surface area contributed by atoms with E-state index in [9.17, 15) is 34.4 Å². The fourth-order valence-electron chi connectivity index (χ4n) is 1.35. The van der Waals surface area contributed by atoms with Gasteiger partial charge in [-0.1, -0.05) is 11.7 Å². The lowest BCUT2D eigenvalue weighted by atomic mass is 10.2. The van der Waals surface area contributed by atoms with Crippen LogP contribution in [0, 0.1) is 23.3 Å². The first-order chi connectivity index (χ1) is 11.5. The zero-order valence-electron chi connectivity index (χ0n) is 11.8. The van der Waals surface area contributed by atoms with Crippen LogP contribution in [-0.2, 0) is 28.6 Å². The summed E-state index contributed by atoms with van der Waals surface area (Å²) < 4.78 is 108. The minimum absolute atomic E-state index is 0.389. The molecule has 0 saturated heterocycles. The summed E-state index contributed by atoms with van der Waals surface area (Å²) in [6, 6.07) is 0. The molecule has 0 bridgehead atoms. The normalized spacial score (nSPS) is 11.8. The molecule has 1 aromatic carbocycles. The third kappa shape index (κ3) is 4.67. The molecule has 0 spiro atoms. The summed E-state index contributed by atoms with van der Waals surface area (Å²) in [6.45, 7) is 0.920. The molecule has 0 aliphatic carbocycles. The van der Waals surface area contributed by atoms with Gasteiger partial charge in [-0.2, -0.15) is 16.8 Å². The van der Waals surface area contributed by atoms with Gasteiger partial charge in [-0.15, -0.1) is 0 Å². The van der Waals surface area contributed by atoms with E-state index in [1.165, 1.54) is 0 Å². The quantitative estimate of drug-likeness (QED) is 0.124. The molecule has 0 atom stereocenters. The van der Waals surface area contributed by atoms with Crippen LogP contribution in [0.15, 0.2) is 22.0 Å². The highest BCUT2D eigenvalue weighted by Gasteiger charge is 2.33. The van der Waals surface area contributed by atoms with Crippen LogP contribution in [0.2, 0.25) is 0 Å². The predicted octanol–water partition coefficient (Wildman–Crippen LogP) is 2.38. The van der Waals surface area contributed by atoms with E-state index in [0.29, 0.717) is 5.41 Å². The monoisotopic (exact) mass is 405 g/mol. The average molecular weight is 405 g/mol. The zero-order valence-corrected chi connectivity index (χ0v) is 13.5. The smallest absolute Gasteiger partial charge is 0.264 e. The lowest BCUT2D eigenvalue weighted by Gasteiger charge is -2.10. The Morgan fingerprint density at radius 2 is 1.48 bits per heavy atom. The van der Waals surface area contributed by atoms with E-state index in [0.717, 1.165) is 0 Å². The molecule has 0 radical (unpaired) electrons. The van der Waals surface area contributed by atoms with E-state index in [1.807, 2.05) is 4.91 Å². The maximum absolute atomic E-state index is 13.7. The van der Waals surface area contributed by atoms with Crippen LogP contribution >= 0.6 is 0 Å². The van der Waals surface area contributed by atoms with Crippen molar-refractivity contribution < 1.29 is 42.8 Å². The van der Waals surface area contributed by atoms with E-state index in [1.54, 1.807) is 0 Å². The number of azide groups is 1. The number of hydrogen-bond acceptors (Lipinski definition) is 7. The van der Waals surface area contributed by atoms with Crippen LogP contribution in [0.5, 0.6) is 0 Å². The molecule has 9 nitrogen and oxygen atoms in total. The van der Waals surface area contributed by atoms with Gasteiger partial charge in [-0.3, -0.25) is 8.37 Å².